The maximum absolute atomic E-state index is 13.3. The van der Waals surface area contributed by atoms with E-state index in [4.69, 9.17) is 4.74 Å². The number of aromatic nitrogens is 3. The van der Waals surface area contributed by atoms with Crippen LogP contribution in [-0.4, -0.2) is 43.6 Å². The summed E-state index contributed by atoms with van der Waals surface area (Å²) in [5, 5.41) is 0. The molecule has 3 aromatic heterocycles. The summed E-state index contributed by atoms with van der Waals surface area (Å²) in [6, 6.07) is 5.55. The van der Waals surface area contributed by atoms with Crippen molar-refractivity contribution in [2.75, 3.05) is 6.54 Å². The summed E-state index contributed by atoms with van der Waals surface area (Å²) in [4.78, 5) is 32.0. The minimum absolute atomic E-state index is 0.258. The van der Waals surface area contributed by atoms with Gasteiger partial charge in [-0.1, -0.05) is 0 Å². The molecular weight excluding hydrogens is 469 g/mol. The number of nitrogens with zero attached hydrogens (tertiary/aromatic N) is 4. The lowest BCUT2D eigenvalue weighted by atomic mass is 10.1. The summed E-state index contributed by atoms with van der Waals surface area (Å²) in [5.74, 6) is -0.258. The molecule has 0 aromatic carbocycles. The molecule has 1 amide bonds. The number of halogens is 3. The Morgan fingerprint density at radius 2 is 1.94 bits per heavy atom. The van der Waals surface area contributed by atoms with E-state index in [0.29, 0.717) is 53.5 Å². The zero-order valence-corrected chi connectivity index (χ0v) is 19.4. The van der Waals surface area contributed by atoms with Crippen LogP contribution in [0.4, 0.5) is 13.2 Å². The second-order valence-corrected chi connectivity index (χ2v) is 9.78. The van der Waals surface area contributed by atoms with Crippen molar-refractivity contribution in [1.29, 1.82) is 0 Å². The van der Waals surface area contributed by atoms with Crippen LogP contribution in [0.2, 0.25) is 0 Å². The van der Waals surface area contributed by atoms with Crippen molar-refractivity contribution in [1.82, 2.24) is 19.0 Å². The highest BCUT2D eigenvalue weighted by atomic mass is 32.1. The van der Waals surface area contributed by atoms with E-state index in [9.17, 15) is 22.8 Å². The van der Waals surface area contributed by atoms with Gasteiger partial charge in [-0.3, -0.25) is 9.59 Å². The van der Waals surface area contributed by atoms with Crippen molar-refractivity contribution < 1.29 is 22.7 Å². The molecule has 3 aromatic rings. The number of imidazole rings is 1. The number of carbonyl (C=O) groups is 1. The predicted octanol–water partition coefficient (Wildman–Crippen LogP) is 4.19. The molecule has 0 N–H and O–H groups in total. The van der Waals surface area contributed by atoms with Crippen LogP contribution in [0.15, 0.2) is 41.6 Å². The number of thiophene rings is 1. The van der Waals surface area contributed by atoms with Crippen molar-refractivity contribution in [2.45, 2.75) is 57.7 Å². The molecule has 1 fully saturated rings. The molecule has 3 atom stereocenters. The van der Waals surface area contributed by atoms with Crippen LogP contribution in [-0.2, 0) is 17.5 Å². The zero-order chi connectivity index (χ0) is 24.2. The van der Waals surface area contributed by atoms with E-state index >= 15 is 0 Å². The molecule has 0 spiro atoms. The fourth-order valence-electron chi connectivity index (χ4n) is 4.68. The second-order valence-electron chi connectivity index (χ2n) is 8.66. The number of hydrogen-bond acceptors (Lipinski definition) is 5. The monoisotopic (exact) mass is 492 g/mol. The number of rotatable bonds is 4. The van der Waals surface area contributed by atoms with Gasteiger partial charge in [-0.05, 0) is 51.0 Å². The quantitative estimate of drug-likeness (QED) is 0.548. The largest absolute Gasteiger partial charge is 0.425 e. The lowest BCUT2D eigenvalue weighted by molar-refractivity contribution is -0.134. The molecule has 11 heteroatoms. The average Bonchev–Trinajstić information content (AvgIpc) is 3.54. The van der Waals surface area contributed by atoms with E-state index in [-0.39, 0.29) is 23.6 Å². The summed E-state index contributed by atoms with van der Waals surface area (Å²) in [7, 11) is 0. The van der Waals surface area contributed by atoms with Crippen molar-refractivity contribution in [3.63, 3.8) is 0 Å². The van der Waals surface area contributed by atoms with Gasteiger partial charge in [0.15, 0.2) is 0 Å². The number of carbonyl (C=O) groups excluding carboxylic acids is 1. The van der Waals surface area contributed by atoms with Gasteiger partial charge >= 0.3 is 6.18 Å². The van der Waals surface area contributed by atoms with Crippen molar-refractivity contribution in [3.8, 4) is 5.69 Å². The molecule has 5 heterocycles. The van der Waals surface area contributed by atoms with Crippen molar-refractivity contribution in [2.24, 2.45) is 0 Å². The van der Waals surface area contributed by atoms with Crippen LogP contribution in [0.3, 0.4) is 0 Å². The van der Waals surface area contributed by atoms with E-state index in [0.717, 1.165) is 11.8 Å². The van der Waals surface area contributed by atoms with Gasteiger partial charge in [0.1, 0.15) is 16.3 Å². The van der Waals surface area contributed by atoms with E-state index in [1.807, 2.05) is 13.8 Å². The number of aryl methyl sites for hydroxylation is 1. The molecule has 0 saturated carbocycles. The number of ether oxygens (including phenoxy) is 1. The molecule has 180 valence electrons. The fraction of sp³-hybridized carbons (Fsp3) is 0.435. The van der Waals surface area contributed by atoms with Gasteiger partial charge in [-0.25, -0.2) is 4.98 Å². The number of fused-ring (bicyclic) bond motifs is 1. The Kier molecular flexibility index (Phi) is 5.64. The van der Waals surface area contributed by atoms with Crippen LogP contribution >= 0.6 is 11.3 Å². The Bertz CT molecular complexity index is 1300. The van der Waals surface area contributed by atoms with Crippen LogP contribution in [0, 0.1) is 6.92 Å². The van der Waals surface area contributed by atoms with Gasteiger partial charge in [-0.2, -0.15) is 13.2 Å². The minimum atomic E-state index is -4.36. The summed E-state index contributed by atoms with van der Waals surface area (Å²) >= 11 is 0.705. The number of amides is 1. The molecule has 5 rings (SSSR count). The highest BCUT2D eigenvalue weighted by Gasteiger charge is 2.39. The molecule has 0 bridgehead atoms. The van der Waals surface area contributed by atoms with Crippen LogP contribution in [0.5, 0.6) is 0 Å². The van der Waals surface area contributed by atoms with Gasteiger partial charge in [0, 0.05) is 24.2 Å². The summed E-state index contributed by atoms with van der Waals surface area (Å²) in [5.41, 5.74) is 1.26. The van der Waals surface area contributed by atoms with Gasteiger partial charge < -0.3 is 18.8 Å². The highest BCUT2D eigenvalue weighted by Crippen LogP contribution is 2.42. The zero-order valence-electron chi connectivity index (χ0n) is 18.6. The average molecular weight is 493 g/mol. The number of pyridine rings is 1. The van der Waals surface area contributed by atoms with Gasteiger partial charge in [-0.15, -0.1) is 11.3 Å². The van der Waals surface area contributed by atoms with Crippen molar-refractivity contribution in [3.05, 3.63) is 68.3 Å². The Balaban J connectivity index is 1.31. The molecule has 2 aliphatic heterocycles. The molecule has 0 unspecified atom stereocenters. The highest BCUT2D eigenvalue weighted by molar-refractivity contribution is 7.12. The fourth-order valence-corrected chi connectivity index (χ4v) is 5.62. The van der Waals surface area contributed by atoms with Gasteiger partial charge in [0.25, 0.3) is 11.5 Å². The van der Waals surface area contributed by atoms with Crippen LogP contribution in [0.25, 0.3) is 5.69 Å². The second kappa shape index (κ2) is 8.38. The van der Waals surface area contributed by atoms with Crippen molar-refractivity contribution >= 4 is 17.2 Å². The minimum Gasteiger partial charge on any atom is -0.367 e. The summed E-state index contributed by atoms with van der Waals surface area (Å²) in [6.45, 7) is 4.42. The molecule has 2 aliphatic rings. The lowest BCUT2D eigenvalue weighted by Crippen LogP contribution is -2.52. The Hall–Kier alpha value is -2.92. The smallest absolute Gasteiger partial charge is 0.367 e. The molecule has 1 saturated heterocycles. The van der Waals surface area contributed by atoms with E-state index in [1.54, 1.807) is 34.1 Å². The van der Waals surface area contributed by atoms with Crippen LogP contribution in [0.1, 0.15) is 51.8 Å². The normalized spacial score (nSPS) is 21.7. The Labute approximate surface area is 197 Å². The predicted molar refractivity (Wildman–Crippen MR) is 119 cm³/mol. The third-order valence-electron chi connectivity index (χ3n) is 6.49. The molecule has 7 nitrogen and oxygen atoms in total. The standard InChI is InChI=1S/C23H23F3N4O3S/c1-13-11-28(12-27-13)15-3-4-16-22(32)29(9-10-30(16)21(15)31)14(2)17-5-6-18(33-17)19-7-8-20(34-19)23(24,25)26/h3-4,7-8,11-12,14,17-18H,5-6,9-10H2,1-2H3/t14-,17-,18+/m0/s1. The first-order chi connectivity index (χ1) is 16.1. The lowest BCUT2D eigenvalue weighted by Gasteiger charge is -2.36. The molecule has 34 heavy (non-hydrogen) atoms. The topological polar surface area (TPSA) is 69.4 Å². The Morgan fingerprint density at radius 3 is 2.62 bits per heavy atom. The maximum atomic E-state index is 13.3. The third-order valence-corrected chi connectivity index (χ3v) is 7.72. The number of alkyl halides is 3. The molecular formula is C23H23F3N4O3S. The SMILES string of the molecule is Cc1cn(-c2ccc3n(c2=O)CCN([C@@H](C)[C@@H]2CC[C@H](c4ccc(C(F)(F)F)s4)O2)C3=O)cn1. The van der Waals surface area contributed by atoms with E-state index in [2.05, 4.69) is 4.98 Å². The first-order valence-electron chi connectivity index (χ1n) is 11.0. The molecule has 0 aliphatic carbocycles. The van der Waals surface area contributed by atoms with Crippen LogP contribution < -0.4 is 5.56 Å². The van der Waals surface area contributed by atoms with E-state index in [1.165, 1.54) is 10.6 Å². The first kappa shape index (κ1) is 22.9. The Morgan fingerprint density at radius 1 is 1.15 bits per heavy atom. The van der Waals surface area contributed by atoms with Gasteiger partial charge in [0.05, 0.1) is 30.3 Å². The van der Waals surface area contributed by atoms with Gasteiger partial charge in [0.2, 0.25) is 0 Å². The summed E-state index contributed by atoms with van der Waals surface area (Å²) < 4.78 is 48.1. The number of hydrogen-bond donors (Lipinski definition) is 0. The molecule has 0 radical (unpaired) electrons. The summed E-state index contributed by atoms with van der Waals surface area (Å²) in [6.07, 6.45) is -0.518. The first-order valence-corrected chi connectivity index (χ1v) is 11.8. The van der Waals surface area contributed by atoms with E-state index < -0.39 is 17.2 Å². The third kappa shape index (κ3) is 3.96. The maximum Gasteiger partial charge on any atom is 0.425 e.